The fraction of sp³-hybridized carbons (Fsp3) is 0.818. The van der Waals surface area contributed by atoms with E-state index in [1.54, 1.807) is 0 Å². The molecule has 0 fully saturated rings. The van der Waals surface area contributed by atoms with Crippen LogP contribution in [0.3, 0.4) is 0 Å². The summed E-state index contributed by atoms with van der Waals surface area (Å²) in [7, 11) is 0. The summed E-state index contributed by atoms with van der Waals surface area (Å²) in [6.45, 7) is 10.4. The molecule has 0 aromatic heterocycles. The monoisotopic (exact) mass is 169 g/mol. The van der Waals surface area contributed by atoms with Gasteiger partial charge in [-0.1, -0.05) is 25.8 Å². The SMILES string of the molecule is C=C(C)CCC(N)CC(C)CC. The normalized spacial score (nSPS) is 15.7. The van der Waals surface area contributed by atoms with Crippen molar-refractivity contribution in [2.45, 2.75) is 52.5 Å². The minimum absolute atomic E-state index is 0.372. The second-order valence-electron chi connectivity index (χ2n) is 4.00. The van der Waals surface area contributed by atoms with Crippen molar-refractivity contribution in [2.24, 2.45) is 11.7 Å². The summed E-state index contributed by atoms with van der Waals surface area (Å²) in [4.78, 5) is 0. The first kappa shape index (κ1) is 11.7. The Morgan fingerprint density at radius 2 is 2.08 bits per heavy atom. The first-order valence-corrected chi connectivity index (χ1v) is 4.96. The number of hydrogen-bond acceptors (Lipinski definition) is 1. The van der Waals surface area contributed by atoms with Gasteiger partial charge in [0.1, 0.15) is 0 Å². The average Bonchev–Trinajstić information content (AvgIpc) is 2.00. The summed E-state index contributed by atoms with van der Waals surface area (Å²) in [5, 5.41) is 0. The smallest absolute Gasteiger partial charge is 0.00444 e. The minimum Gasteiger partial charge on any atom is -0.328 e. The van der Waals surface area contributed by atoms with E-state index in [1.807, 2.05) is 0 Å². The van der Waals surface area contributed by atoms with E-state index in [-0.39, 0.29) is 0 Å². The lowest BCUT2D eigenvalue weighted by Crippen LogP contribution is -2.22. The highest BCUT2D eigenvalue weighted by Gasteiger charge is 2.06. The molecule has 1 heteroatoms. The van der Waals surface area contributed by atoms with Crippen LogP contribution in [0.5, 0.6) is 0 Å². The fourth-order valence-electron chi connectivity index (χ4n) is 1.23. The molecular formula is C11H23N. The van der Waals surface area contributed by atoms with Gasteiger partial charge < -0.3 is 5.73 Å². The van der Waals surface area contributed by atoms with Crippen molar-refractivity contribution in [1.82, 2.24) is 0 Å². The highest BCUT2D eigenvalue weighted by molar-refractivity contribution is 4.88. The number of allylic oxidation sites excluding steroid dienone is 1. The number of rotatable bonds is 6. The molecule has 0 spiro atoms. The van der Waals surface area contributed by atoms with E-state index in [9.17, 15) is 0 Å². The lowest BCUT2D eigenvalue weighted by atomic mass is 9.96. The summed E-state index contributed by atoms with van der Waals surface area (Å²) in [6.07, 6.45) is 4.57. The predicted octanol–water partition coefficient (Wildman–Crippen LogP) is 3.11. The summed E-state index contributed by atoms with van der Waals surface area (Å²) >= 11 is 0. The van der Waals surface area contributed by atoms with Crippen molar-refractivity contribution >= 4 is 0 Å². The van der Waals surface area contributed by atoms with Crippen molar-refractivity contribution in [3.63, 3.8) is 0 Å². The summed E-state index contributed by atoms with van der Waals surface area (Å²) in [6, 6.07) is 0.372. The van der Waals surface area contributed by atoms with Gasteiger partial charge in [-0.2, -0.15) is 0 Å². The Bertz CT molecular complexity index is 129. The van der Waals surface area contributed by atoms with Gasteiger partial charge in [-0.15, -0.1) is 6.58 Å². The van der Waals surface area contributed by atoms with Crippen LogP contribution in [0.2, 0.25) is 0 Å². The van der Waals surface area contributed by atoms with Crippen LogP contribution >= 0.6 is 0 Å². The molecule has 0 saturated carbocycles. The molecule has 0 saturated heterocycles. The fourth-order valence-corrected chi connectivity index (χ4v) is 1.23. The van der Waals surface area contributed by atoms with Gasteiger partial charge in [-0.05, 0) is 32.1 Å². The van der Waals surface area contributed by atoms with Crippen molar-refractivity contribution in [1.29, 1.82) is 0 Å². The summed E-state index contributed by atoms with van der Waals surface area (Å²) < 4.78 is 0. The number of hydrogen-bond donors (Lipinski definition) is 1. The summed E-state index contributed by atoms with van der Waals surface area (Å²) in [5.41, 5.74) is 7.20. The van der Waals surface area contributed by atoms with Crippen LogP contribution < -0.4 is 5.73 Å². The lowest BCUT2D eigenvalue weighted by Gasteiger charge is -2.15. The van der Waals surface area contributed by atoms with Gasteiger partial charge in [0.2, 0.25) is 0 Å². The molecule has 0 radical (unpaired) electrons. The van der Waals surface area contributed by atoms with Crippen LogP contribution in [0.4, 0.5) is 0 Å². The molecule has 0 bridgehead atoms. The Kier molecular flexibility index (Phi) is 6.09. The third kappa shape index (κ3) is 6.41. The van der Waals surface area contributed by atoms with E-state index < -0.39 is 0 Å². The molecule has 2 atom stereocenters. The molecule has 0 aromatic rings. The predicted molar refractivity (Wildman–Crippen MR) is 56.1 cm³/mol. The van der Waals surface area contributed by atoms with Gasteiger partial charge >= 0.3 is 0 Å². The zero-order valence-corrected chi connectivity index (χ0v) is 8.77. The molecule has 0 aliphatic rings. The van der Waals surface area contributed by atoms with Gasteiger partial charge in [0.05, 0.1) is 0 Å². The van der Waals surface area contributed by atoms with E-state index in [0.717, 1.165) is 25.2 Å². The Labute approximate surface area is 77.0 Å². The van der Waals surface area contributed by atoms with E-state index in [4.69, 9.17) is 5.73 Å². The maximum atomic E-state index is 5.96. The van der Waals surface area contributed by atoms with Crippen LogP contribution in [-0.4, -0.2) is 6.04 Å². The lowest BCUT2D eigenvalue weighted by molar-refractivity contribution is 0.436. The Balaban J connectivity index is 3.45. The van der Waals surface area contributed by atoms with Gasteiger partial charge in [-0.3, -0.25) is 0 Å². The molecule has 0 aliphatic carbocycles. The maximum absolute atomic E-state index is 5.96. The third-order valence-electron chi connectivity index (χ3n) is 2.34. The molecule has 2 N–H and O–H groups in total. The standard InChI is InChI=1S/C11H23N/c1-5-10(4)8-11(12)7-6-9(2)3/h10-11H,2,5-8,12H2,1,3-4H3. The molecule has 0 aromatic carbocycles. The van der Waals surface area contributed by atoms with Crippen molar-refractivity contribution in [3.05, 3.63) is 12.2 Å². The van der Waals surface area contributed by atoms with Crippen LogP contribution in [0.15, 0.2) is 12.2 Å². The van der Waals surface area contributed by atoms with Crippen LogP contribution in [0.25, 0.3) is 0 Å². The van der Waals surface area contributed by atoms with E-state index >= 15 is 0 Å². The molecule has 0 heterocycles. The Morgan fingerprint density at radius 1 is 1.50 bits per heavy atom. The average molecular weight is 169 g/mol. The topological polar surface area (TPSA) is 26.0 Å². The van der Waals surface area contributed by atoms with Crippen molar-refractivity contribution in [3.8, 4) is 0 Å². The van der Waals surface area contributed by atoms with Crippen molar-refractivity contribution < 1.29 is 0 Å². The molecule has 2 unspecified atom stereocenters. The van der Waals surface area contributed by atoms with Crippen LogP contribution in [0.1, 0.15) is 46.5 Å². The highest BCUT2D eigenvalue weighted by atomic mass is 14.6. The van der Waals surface area contributed by atoms with Crippen LogP contribution in [0, 0.1) is 5.92 Å². The third-order valence-corrected chi connectivity index (χ3v) is 2.34. The number of nitrogens with two attached hydrogens (primary N) is 1. The Hall–Kier alpha value is -0.300. The first-order chi connectivity index (χ1) is 5.56. The maximum Gasteiger partial charge on any atom is 0.00444 e. The molecule has 72 valence electrons. The largest absolute Gasteiger partial charge is 0.328 e. The van der Waals surface area contributed by atoms with E-state index in [2.05, 4.69) is 27.4 Å². The zero-order chi connectivity index (χ0) is 9.56. The van der Waals surface area contributed by atoms with Gasteiger partial charge in [0, 0.05) is 6.04 Å². The van der Waals surface area contributed by atoms with E-state index in [0.29, 0.717) is 6.04 Å². The second-order valence-corrected chi connectivity index (χ2v) is 4.00. The van der Waals surface area contributed by atoms with Gasteiger partial charge in [-0.25, -0.2) is 0 Å². The highest BCUT2D eigenvalue weighted by Crippen LogP contribution is 2.13. The second kappa shape index (κ2) is 6.24. The molecule has 0 amide bonds. The quantitative estimate of drug-likeness (QED) is 0.607. The molecule has 0 aliphatic heterocycles. The van der Waals surface area contributed by atoms with Gasteiger partial charge in [0.25, 0.3) is 0 Å². The zero-order valence-electron chi connectivity index (χ0n) is 8.77. The van der Waals surface area contributed by atoms with E-state index in [1.165, 1.54) is 12.0 Å². The van der Waals surface area contributed by atoms with Crippen molar-refractivity contribution in [2.75, 3.05) is 0 Å². The molecule has 12 heavy (non-hydrogen) atoms. The molecule has 1 nitrogen and oxygen atoms in total. The first-order valence-electron chi connectivity index (χ1n) is 4.96. The summed E-state index contributed by atoms with van der Waals surface area (Å²) in [5.74, 6) is 0.769. The minimum atomic E-state index is 0.372. The van der Waals surface area contributed by atoms with Gasteiger partial charge in [0.15, 0.2) is 0 Å². The van der Waals surface area contributed by atoms with Crippen LogP contribution in [-0.2, 0) is 0 Å². The molecular weight excluding hydrogens is 146 g/mol. The Morgan fingerprint density at radius 3 is 2.50 bits per heavy atom. The molecule has 0 rings (SSSR count).